The highest BCUT2D eigenvalue weighted by atomic mass is 16.5. The maximum Gasteiger partial charge on any atom is 0.322 e. The fourth-order valence-corrected chi connectivity index (χ4v) is 2.27. The minimum atomic E-state index is 0.364. The third-order valence-electron chi connectivity index (χ3n) is 3.39. The van der Waals surface area contributed by atoms with Gasteiger partial charge in [-0.1, -0.05) is 13.3 Å². The SMILES string of the molecule is CCC1CCCN(c2nc(NC)nc(OC)n2)C1. The van der Waals surface area contributed by atoms with Crippen molar-refractivity contribution in [3.8, 4) is 6.01 Å². The van der Waals surface area contributed by atoms with Gasteiger partial charge < -0.3 is 15.0 Å². The average Bonchev–Trinajstić information content (AvgIpc) is 2.46. The summed E-state index contributed by atoms with van der Waals surface area (Å²) in [6.07, 6.45) is 3.70. The molecule has 0 radical (unpaired) electrons. The zero-order valence-corrected chi connectivity index (χ0v) is 11.3. The van der Waals surface area contributed by atoms with Crippen LogP contribution < -0.4 is 15.0 Å². The van der Waals surface area contributed by atoms with Gasteiger partial charge in [0.25, 0.3) is 0 Å². The number of nitrogens with one attached hydrogen (secondary N) is 1. The minimum absolute atomic E-state index is 0.364. The van der Waals surface area contributed by atoms with Crippen molar-refractivity contribution in [2.24, 2.45) is 5.92 Å². The van der Waals surface area contributed by atoms with Crippen molar-refractivity contribution in [1.29, 1.82) is 0 Å². The molecule has 0 amide bonds. The Labute approximate surface area is 108 Å². The van der Waals surface area contributed by atoms with E-state index >= 15 is 0 Å². The van der Waals surface area contributed by atoms with Crippen LogP contribution in [0.25, 0.3) is 0 Å². The standard InChI is InChI=1S/C12H21N5O/c1-4-9-6-5-7-17(8-9)11-14-10(13-2)15-12(16-11)18-3/h9H,4-8H2,1-3H3,(H,13,14,15,16). The molecule has 1 aliphatic heterocycles. The first-order chi connectivity index (χ1) is 8.76. The number of methoxy groups -OCH3 is 1. The van der Waals surface area contributed by atoms with Crippen molar-refractivity contribution in [2.75, 3.05) is 37.5 Å². The van der Waals surface area contributed by atoms with Crippen LogP contribution in [0, 0.1) is 5.92 Å². The monoisotopic (exact) mass is 251 g/mol. The number of nitrogens with zero attached hydrogens (tertiary/aromatic N) is 4. The molecule has 2 rings (SSSR count). The van der Waals surface area contributed by atoms with E-state index < -0.39 is 0 Å². The molecule has 0 bridgehead atoms. The Bertz CT molecular complexity index is 376. The van der Waals surface area contributed by atoms with Crippen molar-refractivity contribution >= 4 is 11.9 Å². The van der Waals surface area contributed by atoms with Gasteiger partial charge in [-0.3, -0.25) is 0 Å². The molecule has 0 aliphatic carbocycles. The Morgan fingerprint density at radius 2 is 2.22 bits per heavy atom. The Hall–Kier alpha value is -1.59. The number of hydrogen-bond acceptors (Lipinski definition) is 6. The van der Waals surface area contributed by atoms with Crippen LogP contribution in [0.4, 0.5) is 11.9 Å². The van der Waals surface area contributed by atoms with E-state index in [0.29, 0.717) is 17.9 Å². The summed E-state index contributed by atoms with van der Waals surface area (Å²) in [5.74, 6) is 2.00. The third kappa shape index (κ3) is 2.80. The molecule has 6 nitrogen and oxygen atoms in total. The number of aromatic nitrogens is 3. The van der Waals surface area contributed by atoms with E-state index in [-0.39, 0.29) is 0 Å². The van der Waals surface area contributed by atoms with Crippen LogP contribution in [0.3, 0.4) is 0 Å². The summed E-state index contributed by atoms with van der Waals surface area (Å²) in [5, 5.41) is 2.94. The predicted molar refractivity (Wildman–Crippen MR) is 71.2 cm³/mol. The molecule has 2 heterocycles. The van der Waals surface area contributed by atoms with Gasteiger partial charge in [0.2, 0.25) is 11.9 Å². The topological polar surface area (TPSA) is 63.2 Å². The summed E-state index contributed by atoms with van der Waals surface area (Å²) in [5.41, 5.74) is 0. The largest absolute Gasteiger partial charge is 0.467 e. The number of anilines is 2. The molecule has 6 heteroatoms. The highest BCUT2D eigenvalue weighted by Gasteiger charge is 2.21. The molecule has 1 N–H and O–H groups in total. The molecule has 1 aromatic heterocycles. The van der Waals surface area contributed by atoms with E-state index in [4.69, 9.17) is 4.74 Å². The first-order valence-electron chi connectivity index (χ1n) is 6.49. The van der Waals surface area contributed by atoms with E-state index in [1.54, 1.807) is 14.2 Å². The molecular formula is C12H21N5O. The van der Waals surface area contributed by atoms with Gasteiger partial charge in [0.1, 0.15) is 0 Å². The molecule has 18 heavy (non-hydrogen) atoms. The quantitative estimate of drug-likeness (QED) is 0.876. The van der Waals surface area contributed by atoms with Gasteiger partial charge >= 0.3 is 6.01 Å². The fourth-order valence-electron chi connectivity index (χ4n) is 2.27. The molecule has 1 atom stereocenters. The van der Waals surface area contributed by atoms with Crippen molar-refractivity contribution in [3.05, 3.63) is 0 Å². The summed E-state index contributed by atoms with van der Waals surface area (Å²) in [7, 11) is 3.37. The van der Waals surface area contributed by atoms with Crippen LogP contribution in [0.1, 0.15) is 26.2 Å². The van der Waals surface area contributed by atoms with Crippen molar-refractivity contribution in [1.82, 2.24) is 15.0 Å². The van der Waals surface area contributed by atoms with Gasteiger partial charge in [-0.2, -0.15) is 15.0 Å². The van der Waals surface area contributed by atoms with Crippen molar-refractivity contribution in [3.63, 3.8) is 0 Å². The summed E-state index contributed by atoms with van der Waals surface area (Å²) < 4.78 is 5.11. The van der Waals surface area contributed by atoms with Crippen LogP contribution in [0.15, 0.2) is 0 Å². The Morgan fingerprint density at radius 1 is 1.39 bits per heavy atom. The van der Waals surface area contributed by atoms with Crippen LogP contribution in [-0.2, 0) is 0 Å². The Kier molecular flexibility index (Phi) is 4.17. The molecule has 1 aromatic rings. The van der Waals surface area contributed by atoms with Crippen LogP contribution in [-0.4, -0.2) is 42.2 Å². The molecule has 1 fully saturated rings. The molecule has 1 aliphatic rings. The van der Waals surface area contributed by atoms with Gasteiger partial charge in [-0.05, 0) is 18.8 Å². The van der Waals surface area contributed by atoms with Gasteiger partial charge in [-0.15, -0.1) is 0 Å². The van der Waals surface area contributed by atoms with Gasteiger partial charge in [0, 0.05) is 20.1 Å². The molecular weight excluding hydrogens is 230 g/mol. The van der Waals surface area contributed by atoms with Gasteiger partial charge in [0.15, 0.2) is 0 Å². The highest BCUT2D eigenvalue weighted by molar-refractivity contribution is 5.38. The highest BCUT2D eigenvalue weighted by Crippen LogP contribution is 2.23. The summed E-state index contributed by atoms with van der Waals surface area (Å²) in [4.78, 5) is 15.1. The van der Waals surface area contributed by atoms with Gasteiger partial charge in [0.05, 0.1) is 7.11 Å². The molecule has 0 spiro atoms. The Morgan fingerprint density at radius 3 is 2.89 bits per heavy atom. The lowest BCUT2D eigenvalue weighted by Crippen LogP contribution is -2.36. The van der Waals surface area contributed by atoms with Crippen LogP contribution in [0.2, 0.25) is 0 Å². The molecule has 0 aromatic carbocycles. The zero-order valence-electron chi connectivity index (χ0n) is 11.3. The first kappa shape index (κ1) is 12.9. The second-order valence-corrected chi connectivity index (χ2v) is 4.56. The lowest BCUT2D eigenvalue weighted by atomic mass is 9.96. The summed E-state index contributed by atoms with van der Waals surface area (Å²) in [6.45, 7) is 4.26. The molecule has 1 saturated heterocycles. The molecule has 100 valence electrons. The van der Waals surface area contributed by atoms with Crippen LogP contribution in [0.5, 0.6) is 6.01 Å². The van der Waals surface area contributed by atoms with Crippen molar-refractivity contribution < 1.29 is 4.74 Å². The van der Waals surface area contributed by atoms with E-state index in [1.165, 1.54) is 19.3 Å². The first-order valence-corrected chi connectivity index (χ1v) is 6.49. The maximum absolute atomic E-state index is 5.11. The fraction of sp³-hybridized carbons (Fsp3) is 0.750. The zero-order chi connectivity index (χ0) is 13.0. The summed E-state index contributed by atoms with van der Waals surface area (Å²) >= 11 is 0. The smallest absolute Gasteiger partial charge is 0.322 e. The third-order valence-corrected chi connectivity index (χ3v) is 3.39. The molecule has 1 unspecified atom stereocenters. The van der Waals surface area contributed by atoms with E-state index in [9.17, 15) is 0 Å². The lowest BCUT2D eigenvalue weighted by Gasteiger charge is -2.32. The van der Waals surface area contributed by atoms with Gasteiger partial charge in [-0.25, -0.2) is 0 Å². The second-order valence-electron chi connectivity index (χ2n) is 4.56. The van der Waals surface area contributed by atoms with E-state index in [1.807, 2.05) is 0 Å². The lowest BCUT2D eigenvalue weighted by molar-refractivity contribution is 0.373. The number of piperidine rings is 1. The second kappa shape index (κ2) is 5.84. The molecule has 0 saturated carbocycles. The predicted octanol–water partition coefficient (Wildman–Crippen LogP) is 1.55. The number of hydrogen-bond donors (Lipinski definition) is 1. The van der Waals surface area contributed by atoms with Crippen LogP contribution >= 0.6 is 0 Å². The van der Waals surface area contributed by atoms with E-state index in [2.05, 4.69) is 32.1 Å². The van der Waals surface area contributed by atoms with E-state index in [0.717, 1.165) is 19.0 Å². The average molecular weight is 251 g/mol. The van der Waals surface area contributed by atoms with Crippen molar-refractivity contribution in [2.45, 2.75) is 26.2 Å². The summed E-state index contributed by atoms with van der Waals surface area (Å²) in [6, 6.07) is 0.364. The normalized spacial score (nSPS) is 19.7. The minimum Gasteiger partial charge on any atom is -0.467 e. The number of rotatable bonds is 4. The Balaban J connectivity index is 2.20. The maximum atomic E-state index is 5.11. The number of ether oxygens (including phenoxy) is 1.